The van der Waals surface area contributed by atoms with E-state index >= 15 is 0 Å². The SMILES string of the molecule is O=C(Nc1ccccc1)C(=O)N(CO)c1ccccc1. The molecule has 0 unspecified atom stereocenters. The van der Waals surface area contributed by atoms with Gasteiger partial charge in [0.25, 0.3) is 0 Å². The normalized spacial score (nSPS) is 9.85. The molecule has 0 spiro atoms. The number of benzene rings is 2. The molecule has 0 radical (unpaired) electrons. The number of anilines is 2. The number of hydrogen-bond donors (Lipinski definition) is 2. The van der Waals surface area contributed by atoms with Crippen molar-refractivity contribution in [1.29, 1.82) is 0 Å². The van der Waals surface area contributed by atoms with Crippen molar-refractivity contribution in [2.75, 3.05) is 16.9 Å². The van der Waals surface area contributed by atoms with Crippen LogP contribution in [0.1, 0.15) is 0 Å². The molecule has 2 rings (SSSR count). The molecule has 0 atom stereocenters. The van der Waals surface area contributed by atoms with Crippen LogP contribution in [0.15, 0.2) is 60.7 Å². The fraction of sp³-hybridized carbons (Fsp3) is 0.0667. The maximum absolute atomic E-state index is 12.0. The summed E-state index contributed by atoms with van der Waals surface area (Å²) in [6, 6.07) is 17.2. The molecule has 102 valence electrons. The van der Waals surface area contributed by atoms with Crippen molar-refractivity contribution in [3.05, 3.63) is 60.7 Å². The molecule has 5 heteroatoms. The van der Waals surface area contributed by atoms with Gasteiger partial charge in [0.05, 0.1) is 0 Å². The molecule has 2 amide bonds. The van der Waals surface area contributed by atoms with E-state index in [-0.39, 0.29) is 0 Å². The van der Waals surface area contributed by atoms with Gasteiger partial charge < -0.3 is 10.4 Å². The Hall–Kier alpha value is -2.66. The fourth-order valence-corrected chi connectivity index (χ4v) is 1.70. The zero-order chi connectivity index (χ0) is 14.4. The van der Waals surface area contributed by atoms with Crippen molar-refractivity contribution in [2.24, 2.45) is 0 Å². The highest BCUT2D eigenvalue weighted by atomic mass is 16.3. The fourth-order valence-electron chi connectivity index (χ4n) is 1.70. The minimum atomic E-state index is -0.817. The van der Waals surface area contributed by atoms with Gasteiger partial charge in [-0.25, -0.2) is 0 Å². The summed E-state index contributed by atoms with van der Waals surface area (Å²) in [5.41, 5.74) is 0.986. The molecule has 0 bridgehead atoms. The van der Waals surface area contributed by atoms with Gasteiger partial charge in [0.1, 0.15) is 6.73 Å². The zero-order valence-corrected chi connectivity index (χ0v) is 10.7. The topological polar surface area (TPSA) is 69.6 Å². The smallest absolute Gasteiger partial charge is 0.318 e. The molecule has 0 fully saturated rings. The van der Waals surface area contributed by atoms with Crippen LogP contribution >= 0.6 is 0 Å². The Morgan fingerprint density at radius 2 is 1.50 bits per heavy atom. The molecule has 2 aromatic carbocycles. The first-order chi connectivity index (χ1) is 9.72. The van der Waals surface area contributed by atoms with E-state index in [4.69, 9.17) is 0 Å². The van der Waals surface area contributed by atoms with Crippen LogP contribution < -0.4 is 10.2 Å². The Morgan fingerprint density at radius 3 is 2.05 bits per heavy atom. The van der Waals surface area contributed by atoms with Crippen LogP contribution in [0.25, 0.3) is 0 Å². The van der Waals surface area contributed by atoms with Crippen molar-refractivity contribution in [2.45, 2.75) is 0 Å². The highest BCUT2D eigenvalue weighted by Crippen LogP contribution is 2.13. The molecule has 0 saturated carbocycles. The number of amides is 2. The first-order valence-electron chi connectivity index (χ1n) is 6.06. The highest BCUT2D eigenvalue weighted by molar-refractivity contribution is 6.44. The summed E-state index contributed by atoms with van der Waals surface area (Å²) in [5.74, 6) is -1.61. The average Bonchev–Trinajstić information content (AvgIpc) is 2.50. The van der Waals surface area contributed by atoms with Gasteiger partial charge in [0.15, 0.2) is 0 Å². The van der Waals surface area contributed by atoms with Crippen LogP contribution in [0.2, 0.25) is 0 Å². The van der Waals surface area contributed by atoms with E-state index in [9.17, 15) is 14.7 Å². The van der Waals surface area contributed by atoms with E-state index in [1.807, 2.05) is 6.07 Å². The summed E-state index contributed by atoms with van der Waals surface area (Å²) in [6.45, 7) is -0.564. The van der Waals surface area contributed by atoms with Crippen LogP contribution in [0.4, 0.5) is 11.4 Å². The van der Waals surface area contributed by atoms with E-state index in [0.29, 0.717) is 11.4 Å². The summed E-state index contributed by atoms with van der Waals surface area (Å²) in [5, 5.41) is 11.8. The Bertz CT molecular complexity index is 585. The first-order valence-corrected chi connectivity index (χ1v) is 6.06. The van der Waals surface area contributed by atoms with Gasteiger partial charge in [-0.05, 0) is 24.3 Å². The second kappa shape index (κ2) is 6.49. The Balaban J connectivity index is 2.11. The van der Waals surface area contributed by atoms with Gasteiger partial charge in [-0.15, -0.1) is 0 Å². The van der Waals surface area contributed by atoms with Crippen LogP contribution in [0, 0.1) is 0 Å². The molecule has 0 saturated heterocycles. The quantitative estimate of drug-likeness (QED) is 0.657. The summed E-state index contributed by atoms with van der Waals surface area (Å²) < 4.78 is 0. The lowest BCUT2D eigenvalue weighted by Crippen LogP contribution is -2.40. The number of para-hydroxylation sites is 2. The second-order valence-corrected chi connectivity index (χ2v) is 4.03. The van der Waals surface area contributed by atoms with E-state index in [2.05, 4.69) is 5.32 Å². The molecule has 0 aliphatic rings. The van der Waals surface area contributed by atoms with Crippen molar-refractivity contribution in [1.82, 2.24) is 0 Å². The Kier molecular flexibility index (Phi) is 4.47. The van der Waals surface area contributed by atoms with Gasteiger partial charge in [-0.1, -0.05) is 36.4 Å². The van der Waals surface area contributed by atoms with E-state index < -0.39 is 18.5 Å². The summed E-state index contributed by atoms with van der Waals surface area (Å²) in [4.78, 5) is 24.9. The Labute approximate surface area is 116 Å². The molecule has 0 aromatic heterocycles. The van der Waals surface area contributed by atoms with Crippen LogP contribution in [-0.2, 0) is 9.59 Å². The summed E-state index contributed by atoms with van der Waals surface area (Å²) in [7, 11) is 0. The van der Waals surface area contributed by atoms with Crippen molar-refractivity contribution >= 4 is 23.2 Å². The lowest BCUT2D eigenvalue weighted by atomic mass is 10.3. The largest absolute Gasteiger partial charge is 0.376 e. The maximum atomic E-state index is 12.0. The van der Waals surface area contributed by atoms with Crippen LogP contribution in [0.3, 0.4) is 0 Å². The number of aliphatic hydroxyl groups is 1. The number of nitrogens with one attached hydrogen (secondary N) is 1. The molecule has 2 aromatic rings. The number of hydrogen-bond acceptors (Lipinski definition) is 3. The number of carbonyl (C=O) groups excluding carboxylic acids is 2. The third kappa shape index (κ3) is 3.21. The van der Waals surface area contributed by atoms with Crippen LogP contribution in [0.5, 0.6) is 0 Å². The molecule has 0 aliphatic carbocycles. The third-order valence-corrected chi connectivity index (χ3v) is 2.68. The number of aliphatic hydroxyl groups excluding tert-OH is 1. The van der Waals surface area contributed by atoms with Crippen LogP contribution in [-0.4, -0.2) is 23.7 Å². The Morgan fingerprint density at radius 1 is 0.950 bits per heavy atom. The molecule has 0 heterocycles. The van der Waals surface area contributed by atoms with Gasteiger partial charge in [0.2, 0.25) is 0 Å². The van der Waals surface area contributed by atoms with Gasteiger partial charge in [-0.3, -0.25) is 14.5 Å². The van der Waals surface area contributed by atoms with Gasteiger partial charge in [-0.2, -0.15) is 0 Å². The summed E-state index contributed by atoms with van der Waals surface area (Å²) in [6.07, 6.45) is 0. The predicted octanol–water partition coefficient (Wildman–Crippen LogP) is 1.61. The molecular weight excluding hydrogens is 256 g/mol. The van der Waals surface area contributed by atoms with Crippen molar-refractivity contribution in [3.63, 3.8) is 0 Å². The average molecular weight is 270 g/mol. The van der Waals surface area contributed by atoms with Gasteiger partial charge >= 0.3 is 11.8 Å². The van der Waals surface area contributed by atoms with Crippen molar-refractivity contribution < 1.29 is 14.7 Å². The molecular formula is C15H14N2O3. The zero-order valence-electron chi connectivity index (χ0n) is 10.7. The molecule has 0 aliphatic heterocycles. The molecule has 5 nitrogen and oxygen atoms in total. The van der Waals surface area contributed by atoms with Crippen molar-refractivity contribution in [3.8, 4) is 0 Å². The number of rotatable bonds is 3. The van der Waals surface area contributed by atoms with E-state index in [0.717, 1.165) is 4.90 Å². The second-order valence-electron chi connectivity index (χ2n) is 4.03. The van der Waals surface area contributed by atoms with Gasteiger partial charge in [0, 0.05) is 11.4 Å². The molecule has 20 heavy (non-hydrogen) atoms. The lowest BCUT2D eigenvalue weighted by molar-refractivity contribution is -0.135. The summed E-state index contributed by atoms with van der Waals surface area (Å²) >= 11 is 0. The third-order valence-electron chi connectivity index (χ3n) is 2.68. The monoisotopic (exact) mass is 270 g/mol. The first kappa shape index (κ1) is 13.8. The predicted molar refractivity (Wildman–Crippen MR) is 76.1 cm³/mol. The van der Waals surface area contributed by atoms with E-state index in [1.165, 1.54) is 0 Å². The number of nitrogens with zero attached hydrogens (tertiary/aromatic N) is 1. The minimum absolute atomic E-state index is 0.461. The molecule has 2 N–H and O–H groups in total. The maximum Gasteiger partial charge on any atom is 0.318 e. The standard InChI is InChI=1S/C15H14N2O3/c18-11-17(13-9-5-2-6-10-13)15(20)14(19)16-12-7-3-1-4-8-12/h1-10,18H,11H2,(H,16,19). The number of carbonyl (C=O) groups is 2. The highest BCUT2D eigenvalue weighted by Gasteiger charge is 2.22. The minimum Gasteiger partial charge on any atom is -0.376 e. The van der Waals surface area contributed by atoms with E-state index in [1.54, 1.807) is 54.6 Å². The lowest BCUT2D eigenvalue weighted by Gasteiger charge is -2.19.